The Hall–Kier alpha value is -1.78. The molecule has 0 bridgehead atoms. The Morgan fingerprint density at radius 2 is 2.47 bits per heavy atom. The number of nitrogens with two attached hydrogens (primary N) is 1. The lowest BCUT2D eigenvalue weighted by atomic mass is 9.91. The van der Waals surface area contributed by atoms with Gasteiger partial charge in [-0.15, -0.1) is 0 Å². The summed E-state index contributed by atoms with van der Waals surface area (Å²) in [6.45, 7) is 0.705. The molecule has 0 aromatic carbocycles. The second-order valence-corrected chi connectivity index (χ2v) is 4.40. The molecule has 0 radical (unpaired) electrons. The van der Waals surface area contributed by atoms with Crippen LogP contribution in [0.15, 0.2) is 18.2 Å². The number of nitrogens with zero attached hydrogens (tertiary/aromatic N) is 1. The first kappa shape index (κ1) is 11.7. The maximum Gasteiger partial charge on any atom is 0.269 e. The van der Waals surface area contributed by atoms with Crippen LogP contribution in [0, 0.1) is 5.92 Å². The Kier molecular flexibility index (Phi) is 3.80. The van der Waals surface area contributed by atoms with Crippen molar-refractivity contribution in [1.29, 1.82) is 0 Å². The van der Waals surface area contributed by atoms with Crippen molar-refractivity contribution in [2.75, 3.05) is 12.3 Å². The number of aromatic amines is 1. The van der Waals surface area contributed by atoms with E-state index in [2.05, 4.69) is 27.7 Å². The third-order valence-electron chi connectivity index (χ3n) is 3.06. The number of aromatic nitrogens is 2. The molecule has 0 saturated heterocycles. The quantitative estimate of drug-likeness (QED) is 0.690. The van der Waals surface area contributed by atoms with Crippen LogP contribution in [0.4, 0.5) is 5.82 Å². The number of nitrogen functional groups attached to an aromatic ring is 1. The molecule has 5 nitrogen and oxygen atoms in total. The molecular weight excluding hydrogens is 216 g/mol. The van der Waals surface area contributed by atoms with Crippen molar-refractivity contribution in [2.45, 2.75) is 25.7 Å². The molecule has 1 unspecified atom stereocenters. The van der Waals surface area contributed by atoms with E-state index >= 15 is 0 Å². The van der Waals surface area contributed by atoms with E-state index in [4.69, 9.17) is 5.73 Å². The average Bonchev–Trinajstić information content (AvgIpc) is 2.77. The number of carbonyl (C=O) groups is 1. The zero-order valence-electron chi connectivity index (χ0n) is 9.78. The average molecular weight is 234 g/mol. The molecule has 1 aromatic rings. The van der Waals surface area contributed by atoms with Crippen LogP contribution in [0.3, 0.4) is 0 Å². The van der Waals surface area contributed by atoms with E-state index in [0.717, 1.165) is 19.3 Å². The summed E-state index contributed by atoms with van der Waals surface area (Å²) < 4.78 is 0. The van der Waals surface area contributed by atoms with Crippen LogP contribution in [-0.2, 0) is 0 Å². The predicted octanol–water partition coefficient (Wildman–Crippen LogP) is 1.47. The summed E-state index contributed by atoms with van der Waals surface area (Å²) in [6, 6.07) is 1.54. The molecule has 1 aliphatic rings. The Morgan fingerprint density at radius 3 is 3.12 bits per heavy atom. The van der Waals surface area contributed by atoms with Gasteiger partial charge in [0.05, 0.1) is 0 Å². The second kappa shape index (κ2) is 5.52. The zero-order valence-corrected chi connectivity index (χ0v) is 9.78. The van der Waals surface area contributed by atoms with Gasteiger partial charge in [-0.25, -0.2) is 0 Å². The van der Waals surface area contributed by atoms with E-state index in [0.29, 0.717) is 24.0 Å². The summed E-state index contributed by atoms with van der Waals surface area (Å²) in [5.74, 6) is 0.903. The highest BCUT2D eigenvalue weighted by atomic mass is 16.1. The maximum absolute atomic E-state index is 11.6. The number of allylic oxidation sites excluding steroid dienone is 2. The topological polar surface area (TPSA) is 83.8 Å². The highest BCUT2D eigenvalue weighted by Crippen LogP contribution is 2.20. The number of H-pyrrole nitrogens is 1. The Morgan fingerprint density at radius 1 is 1.59 bits per heavy atom. The normalized spacial score (nSPS) is 19.2. The minimum absolute atomic E-state index is 0.138. The molecule has 4 N–H and O–H groups in total. The van der Waals surface area contributed by atoms with Gasteiger partial charge in [0.1, 0.15) is 11.5 Å². The fourth-order valence-corrected chi connectivity index (χ4v) is 2.06. The largest absolute Gasteiger partial charge is 0.382 e. The van der Waals surface area contributed by atoms with Crippen LogP contribution >= 0.6 is 0 Å². The van der Waals surface area contributed by atoms with Gasteiger partial charge in [-0.2, -0.15) is 5.10 Å². The van der Waals surface area contributed by atoms with Gasteiger partial charge in [0.15, 0.2) is 0 Å². The summed E-state index contributed by atoms with van der Waals surface area (Å²) in [5.41, 5.74) is 5.85. The summed E-state index contributed by atoms with van der Waals surface area (Å²) in [6.07, 6.45) is 9.00. The van der Waals surface area contributed by atoms with Gasteiger partial charge in [0, 0.05) is 12.6 Å². The fourth-order valence-electron chi connectivity index (χ4n) is 2.06. The van der Waals surface area contributed by atoms with Crippen molar-refractivity contribution in [3.8, 4) is 0 Å². The standard InChI is InChI=1S/C12H18N4O/c13-11-8-10(15-16-11)12(17)14-7-6-9-4-2-1-3-5-9/h1-2,8-9H,3-7H2,(H,14,17)(H3,13,15,16). The minimum atomic E-state index is -0.138. The smallest absolute Gasteiger partial charge is 0.269 e. The van der Waals surface area contributed by atoms with Gasteiger partial charge < -0.3 is 11.1 Å². The summed E-state index contributed by atoms with van der Waals surface area (Å²) in [4.78, 5) is 11.6. The number of anilines is 1. The Labute approximate surface area is 100 Å². The van der Waals surface area contributed by atoms with Crippen LogP contribution in [0.1, 0.15) is 36.2 Å². The van der Waals surface area contributed by atoms with Gasteiger partial charge in [-0.3, -0.25) is 9.89 Å². The van der Waals surface area contributed by atoms with Crippen LogP contribution in [0.2, 0.25) is 0 Å². The molecular formula is C12H18N4O. The lowest BCUT2D eigenvalue weighted by Gasteiger charge is -2.17. The summed E-state index contributed by atoms with van der Waals surface area (Å²) in [5, 5.41) is 9.18. The second-order valence-electron chi connectivity index (χ2n) is 4.40. The van der Waals surface area contributed by atoms with E-state index in [9.17, 15) is 4.79 Å². The highest BCUT2D eigenvalue weighted by molar-refractivity contribution is 5.92. The van der Waals surface area contributed by atoms with Crippen LogP contribution in [0.25, 0.3) is 0 Å². The monoisotopic (exact) mass is 234 g/mol. The maximum atomic E-state index is 11.6. The van der Waals surface area contributed by atoms with E-state index in [1.54, 1.807) is 6.07 Å². The first-order valence-corrected chi connectivity index (χ1v) is 6.00. The van der Waals surface area contributed by atoms with Gasteiger partial charge in [0.2, 0.25) is 0 Å². The van der Waals surface area contributed by atoms with Crippen molar-refractivity contribution in [3.63, 3.8) is 0 Å². The molecule has 5 heteroatoms. The number of carbonyl (C=O) groups excluding carboxylic acids is 1. The van der Waals surface area contributed by atoms with Gasteiger partial charge >= 0.3 is 0 Å². The van der Waals surface area contributed by atoms with Gasteiger partial charge in [-0.05, 0) is 31.6 Å². The van der Waals surface area contributed by atoms with Crippen molar-refractivity contribution in [3.05, 3.63) is 23.9 Å². The predicted molar refractivity (Wildman–Crippen MR) is 66.4 cm³/mol. The SMILES string of the molecule is Nc1cc(C(=O)NCCC2CC=CCC2)[nH]n1. The molecule has 1 amide bonds. The molecule has 0 fully saturated rings. The molecule has 17 heavy (non-hydrogen) atoms. The molecule has 1 atom stereocenters. The number of hydrogen-bond donors (Lipinski definition) is 3. The lowest BCUT2D eigenvalue weighted by Crippen LogP contribution is -2.26. The Balaban J connectivity index is 1.71. The van der Waals surface area contributed by atoms with Crippen molar-refractivity contribution in [2.24, 2.45) is 5.92 Å². The van der Waals surface area contributed by atoms with Crippen molar-refractivity contribution < 1.29 is 4.79 Å². The van der Waals surface area contributed by atoms with Crippen LogP contribution < -0.4 is 11.1 Å². The van der Waals surface area contributed by atoms with E-state index in [-0.39, 0.29) is 5.91 Å². The number of amides is 1. The van der Waals surface area contributed by atoms with E-state index in [1.807, 2.05) is 0 Å². The van der Waals surface area contributed by atoms with Crippen LogP contribution in [-0.4, -0.2) is 22.6 Å². The molecule has 0 spiro atoms. The molecule has 0 aliphatic heterocycles. The summed E-state index contributed by atoms with van der Waals surface area (Å²) >= 11 is 0. The van der Waals surface area contributed by atoms with Gasteiger partial charge in [-0.1, -0.05) is 12.2 Å². The molecule has 1 heterocycles. The van der Waals surface area contributed by atoms with E-state index < -0.39 is 0 Å². The summed E-state index contributed by atoms with van der Waals surface area (Å²) in [7, 11) is 0. The minimum Gasteiger partial charge on any atom is -0.382 e. The van der Waals surface area contributed by atoms with Gasteiger partial charge in [0.25, 0.3) is 5.91 Å². The Bertz CT molecular complexity index is 410. The lowest BCUT2D eigenvalue weighted by molar-refractivity contribution is 0.0946. The third kappa shape index (κ3) is 3.34. The molecule has 0 saturated carbocycles. The molecule has 1 aromatic heterocycles. The first-order valence-electron chi connectivity index (χ1n) is 6.00. The first-order chi connectivity index (χ1) is 8.25. The van der Waals surface area contributed by atoms with Crippen molar-refractivity contribution >= 4 is 11.7 Å². The number of hydrogen-bond acceptors (Lipinski definition) is 3. The molecule has 1 aliphatic carbocycles. The number of nitrogens with one attached hydrogen (secondary N) is 2. The highest BCUT2D eigenvalue weighted by Gasteiger charge is 2.11. The van der Waals surface area contributed by atoms with Crippen LogP contribution in [0.5, 0.6) is 0 Å². The number of rotatable bonds is 4. The third-order valence-corrected chi connectivity index (χ3v) is 3.06. The molecule has 92 valence electrons. The molecule has 2 rings (SSSR count). The zero-order chi connectivity index (χ0) is 12.1. The van der Waals surface area contributed by atoms with E-state index in [1.165, 1.54) is 6.42 Å². The van der Waals surface area contributed by atoms with Crippen molar-refractivity contribution in [1.82, 2.24) is 15.5 Å². The fraction of sp³-hybridized carbons (Fsp3) is 0.500.